The molecule has 1 aliphatic carbocycles. The standard InChI is InChI=1S/C65H55BN2O2/c1-7-8-16-40-23-29-53(39(2)33-40)67-55-38-59-48(47-34-50-51(37-58(47)69-59)65(5,6)32-31-64(50,3)4)35-52(55)66-62-56(67)36-49-46-21-14-15-22-57(46)70-63(49)61(62)60-45-20-13-12-19-43(45)26-30-54(60)68(66)44-27-24-42(25-28-44)41-17-10-9-11-18-41/h9-15,17-30,33-38H,7-8,16,31-32H2,1-6H3. The van der Waals surface area contributed by atoms with Gasteiger partial charge >= 0.3 is 6.85 Å². The molecule has 0 N–H and O–H groups in total. The number of aryl methyl sites for hydroxylation is 2. The average molecular weight is 907 g/mol. The van der Waals surface area contributed by atoms with Crippen molar-refractivity contribution in [3.05, 3.63) is 186 Å². The quantitative estimate of drug-likeness (QED) is 0.156. The first-order valence-corrected chi connectivity index (χ1v) is 25.5. The third-order valence-electron chi connectivity index (χ3n) is 16.6. The van der Waals surface area contributed by atoms with Crippen LogP contribution in [-0.2, 0) is 17.3 Å². The first-order valence-electron chi connectivity index (χ1n) is 25.5. The first-order chi connectivity index (χ1) is 34.1. The zero-order valence-corrected chi connectivity index (χ0v) is 40.9. The Kier molecular flexibility index (Phi) is 8.89. The summed E-state index contributed by atoms with van der Waals surface area (Å²) in [6.07, 6.45) is 5.70. The van der Waals surface area contributed by atoms with Gasteiger partial charge in [-0.1, -0.05) is 150 Å². The Labute approximate surface area is 410 Å². The SMILES string of the molecule is CCCCc1ccc(N2c3cc4oc5cc6c(cc5c4cc3B3c4c2cc2c(oc5ccccc52)c4-c2c(ccc4ccccc24)N3c2ccc(-c3ccccc3)cc2)C(C)(C)CCC6(C)C)c(C)c1. The molecule has 11 aromatic rings. The lowest BCUT2D eigenvalue weighted by Gasteiger charge is -2.46. The summed E-state index contributed by atoms with van der Waals surface area (Å²) in [6, 6.07) is 61.5. The highest BCUT2D eigenvalue weighted by Crippen LogP contribution is 2.54. The second-order valence-corrected chi connectivity index (χ2v) is 21.8. The van der Waals surface area contributed by atoms with E-state index in [1.54, 1.807) is 0 Å². The number of hydrogen-bond acceptors (Lipinski definition) is 4. The number of anilines is 5. The van der Waals surface area contributed by atoms with Crippen molar-refractivity contribution < 1.29 is 8.83 Å². The van der Waals surface area contributed by atoms with Crippen LogP contribution in [0.4, 0.5) is 28.4 Å². The first kappa shape index (κ1) is 41.5. The van der Waals surface area contributed by atoms with E-state index in [-0.39, 0.29) is 17.7 Å². The van der Waals surface area contributed by atoms with Gasteiger partial charge in [-0.15, -0.1) is 0 Å². The molecule has 4 heterocycles. The van der Waals surface area contributed by atoms with Gasteiger partial charge in [0.15, 0.2) is 0 Å². The van der Waals surface area contributed by atoms with Gasteiger partial charge in [-0.25, -0.2) is 0 Å². The van der Waals surface area contributed by atoms with Gasteiger partial charge in [-0.3, -0.25) is 0 Å². The molecule has 5 heteroatoms. The number of rotatable bonds is 6. The van der Waals surface area contributed by atoms with E-state index in [0.717, 1.165) is 80.5 Å². The molecule has 0 spiro atoms. The van der Waals surface area contributed by atoms with E-state index >= 15 is 0 Å². The Morgan fingerprint density at radius 1 is 0.529 bits per heavy atom. The average Bonchev–Trinajstić information content (AvgIpc) is 3.94. The number of furan rings is 2. The van der Waals surface area contributed by atoms with Crippen LogP contribution in [0.3, 0.4) is 0 Å². The van der Waals surface area contributed by atoms with Crippen LogP contribution in [0.1, 0.15) is 82.6 Å². The van der Waals surface area contributed by atoms with Gasteiger partial charge < -0.3 is 18.5 Å². The maximum atomic E-state index is 7.19. The minimum absolute atomic E-state index is 0.0544. The molecule has 0 amide bonds. The molecule has 0 fully saturated rings. The van der Waals surface area contributed by atoms with Crippen LogP contribution in [0, 0.1) is 6.92 Å². The molecule has 3 aliphatic rings. The van der Waals surface area contributed by atoms with E-state index in [9.17, 15) is 0 Å². The molecule has 2 aliphatic heterocycles. The lowest BCUT2D eigenvalue weighted by molar-refractivity contribution is 0.332. The van der Waals surface area contributed by atoms with Gasteiger partial charge in [0.05, 0.1) is 0 Å². The fourth-order valence-electron chi connectivity index (χ4n) is 12.8. The highest BCUT2D eigenvalue weighted by molar-refractivity contribution is 6.94. The molecular formula is C65H55BN2O2. The van der Waals surface area contributed by atoms with Crippen LogP contribution in [-0.4, -0.2) is 6.85 Å². The summed E-state index contributed by atoms with van der Waals surface area (Å²) in [7, 11) is 0. The van der Waals surface area contributed by atoms with E-state index in [4.69, 9.17) is 8.83 Å². The minimum Gasteiger partial charge on any atom is -0.456 e. The molecule has 0 saturated heterocycles. The molecule has 14 rings (SSSR count). The largest absolute Gasteiger partial charge is 0.456 e. The molecule has 0 saturated carbocycles. The summed E-state index contributed by atoms with van der Waals surface area (Å²) in [5, 5.41) is 6.99. The van der Waals surface area contributed by atoms with Gasteiger partial charge in [-0.05, 0) is 147 Å². The molecule has 0 bridgehead atoms. The van der Waals surface area contributed by atoms with E-state index in [2.05, 4.69) is 215 Å². The Balaban J connectivity index is 1.13. The third-order valence-corrected chi connectivity index (χ3v) is 16.6. The molecule has 9 aromatic carbocycles. The molecule has 0 unspecified atom stereocenters. The smallest absolute Gasteiger partial charge is 0.333 e. The third kappa shape index (κ3) is 5.97. The Bertz CT molecular complexity index is 3970. The second kappa shape index (κ2) is 15.0. The minimum atomic E-state index is -0.225. The Morgan fingerprint density at radius 2 is 1.21 bits per heavy atom. The van der Waals surface area contributed by atoms with E-state index in [0.29, 0.717) is 0 Å². The normalized spacial score (nSPS) is 15.5. The molecule has 340 valence electrons. The number of unbranched alkanes of at least 4 members (excludes halogenated alkanes) is 1. The van der Waals surface area contributed by atoms with E-state index in [1.807, 2.05) is 0 Å². The van der Waals surface area contributed by atoms with Gasteiger partial charge in [0.2, 0.25) is 0 Å². The van der Waals surface area contributed by atoms with Crippen LogP contribution in [0.15, 0.2) is 173 Å². The van der Waals surface area contributed by atoms with Crippen molar-refractivity contribution in [2.75, 3.05) is 9.71 Å². The zero-order chi connectivity index (χ0) is 47.2. The van der Waals surface area contributed by atoms with Gasteiger partial charge in [-0.2, -0.15) is 0 Å². The van der Waals surface area contributed by atoms with Crippen molar-refractivity contribution in [3.8, 4) is 22.3 Å². The zero-order valence-electron chi connectivity index (χ0n) is 40.9. The van der Waals surface area contributed by atoms with Crippen molar-refractivity contribution >= 4 is 101 Å². The molecule has 0 radical (unpaired) electrons. The topological polar surface area (TPSA) is 32.8 Å². The fraction of sp³-hybridized carbons (Fsp3) is 0.200. The van der Waals surface area contributed by atoms with Crippen molar-refractivity contribution in [2.24, 2.45) is 0 Å². The molecular weight excluding hydrogens is 852 g/mol. The van der Waals surface area contributed by atoms with E-state index < -0.39 is 0 Å². The monoisotopic (exact) mass is 906 g/mol. The number of para-hydroxylation sites is 1. The number of nitrogens with zero attached hydrogens (tertiary/aromatic N) is 2. The van der Waals surface area contributed by atoms with Crippen molar-refractivity contribution in [2.45, 2.75) is 84.5 Å². The summed E-state index contributed by atoms with van der Waals surface area (Å²) in [4.78, 5) is 5.21. The van der Waals surface area contributed by atoms with Crippen molar-refractivity contribution in [1.29, 1.82) is 0 Å². The lowest BCUT2D eigenvalue weighted by atomic mass is 9.43. The molecule has 2 aromatic heterocycles. The van der Waals surface area contributed by atoms with Crippen LogP contribution in [0.2, 0.25) is 0 Å². The van der Waals surface area contributed by atoms with Crippen molar-refractivity contribution in [1.82, 2.24) is 0 Å². The molecule has 0 atom stereocenters. The summed E-state index contributed by atoms with van der Waals surface area (Å²) in [6.45, 7) is 14.0. The number of fused-ring (bicyclic) bond motifs is 14. The predicted molar refractivity (Wildman–Crippen MR) is 296 cm³/mol. The van der Waals surface area contributed by atoms with Crippen LogP contribution < -0.4 is 20.6 Å². The fourth-order valence-corrected chi connectivity index (χ4v) is 12.8. The van der Waals surface area contributed by atoms with E-state index in [1.165, 1.54) is 90.1 Å². The number of hydrogen-bond donors (Lipinski definition) is 0. The highest BCUT2D eigenvalue weighted by Gasteiger charge is 2.48. The summed E-state index contributed by atoms with van der Waals surface area (Å²) < 4.78 is 14.3. The predicted octanol–water partition coefficient (Wildman–Crippen LogP) is 17.0. The summed E-state index contributed by atoms with van der Waals surface area (Å²) >= 11 is 0. The van der Waals surface area contributed by atoms with Gasteiger partial charge in [0.1, 0.15) is 22.3 Å². The Hall–Kier alpha value is -7.50. The maximum absolute atomic E-state index is 7.19. The lowest BCUT2D eigenvalue weighted by Crippen LogP contribution is -2.61. The second-order valence-electron chi connectivity index (χ2n) is 21.8. The molecule has 4 nitrogen and oxygen atoms in total. The number of benzene rings is 9. The Morgan fingerprint density at radius 3 is 2.00 bits per heavy atom. The maximum Gasteiger partial charge on any atom is 0.333 e. The van der Waals surface area contributed by atoms with Gasteiger partial charge in [0, 0.05) is 67.2 Å². The van der Waals surface area contributed by atoms with Crippen LogP contribution in [0.5, 0.6) is 0 Å². The summed E-state index contributed by atoms with van der Waals surface area (Å²) in [5.74, 6) is 0. The summed E-state index contributed by atoms with van der Waals surface area (Å²) in [5.41, 5.74) is 22.3. The van der Waals surface area contributed by atoms with Crippen LogP contribution in [0.25, 0.3) is 76.9 Å². The van der Waals surface area contributed by atoms with Crippen molar-refractivity contribution in [3.63, 3.8) is 0 Å². The van der Waals surface area contributed by atoms with Gasteiger partial charge in [0.25, 0.3) is 0 Å². The van der Waals surface area contributed by atoms with Crippen LogP contribution >= 0.6 is 0 Å². The highest BCUT2D eigenvalue weighted by atomic mass is 16.3. The molecule has 70 heavy (non-hydrogen) atoms.